The highest BCUT2D eigenvalue weighted by Gasteiger charge is 2.29. The first-order valence-corrected chi connectivity index (χ1v) is 10.4. The monoisotopic (exact) mass is 364 g/mol. The fourth-order valence-electron chi connectivity index (χ4n) is 4.05. The molecule has 1 saturated heterocycles. The van der Waals surface area contributed by atoms with E-state index in [1.165, 1.54) is 33.4 Å². The van der Waals surface area contributed by atoms with Gasteiger partial charge >= 0.3 is 0 Å². The van der Waals surface area contributed by atoms with Crippen LogP contribution < -0.4 is 4.90 Å². The van der Waals surface area contributed by atoms with Gasteiger partial charge in [0.2, 0.25) is 0 Å². The molecule has 0 bridgehead atoms. The third kappa shape index (κ3) is 2.94. The molecule has 0 amide bonds. The molecule has 0 N–H and O–H groups in total. The topological polar surface area (TPSA) is 32.3 Å². The van der Waals surface area contributed by atoms with E-state index in [0.717, 1.165) is 44.7 Å². The molecule has 0 aromatic carbocycles. The molecule has 4 nitrogen and oxygen atoms in total. The SMILES string of the molecule is Cc1ccc(N2CCC(c3nc4c(s3)CCN(C3=CC=C3)CC4)C2)cn1. The maximum absolute atomic E-state index is 5.08. The number of thiazole rings is 1. The van der Waals surface area contributed by atoms with Crippen LogP contribution in [0.3, 0.4) is 0 Å². The molecule has 1 atom stereocenters. The maximum Gasteiger partial charge on any atom is 0.0980 e. The van der Waals surface area contributed by atoms with Crippen LogP contribution in [-0.2, 0) is 12.8 Å². The van der Waals surface area contributed by atoms with Crippen LogP contribution in [0.25, 0.3) is 0 Å². The van der Waals surface area contributed by atoms with Crippen LogP contribution in [0.2, 0.25) is 0 Å². The molecule has 1 fully saturated rings. The van der Waals surface area contributed by atoms with E-state index < -0.39 is 0 Å². The Morgan fingerprint density at radius 3 is 2.77 bits per heavy atom. The average molecular weight is 365 g/mol. The number of hydrogen-bond donors (Lipinski definition) is 0. The van der Waals surface area contributed by atoms with E-state index in [-0.39, 0.29) is 0 Å². The lowest BCUT2D eigenvalue weighted by Crippen LogP contribution is -2.26. The summed E-state index contributed by atoms with van der Waals surface area (Å²) in [6, 6.07) is 4.30. The van der Waals surface area contributed by atoms with Gasteiger partial charge in [0.05, 0.1) is 22.6 Å². The van der Waals surface area contributed by atoms with Crippen LogP contribution in [0.4, 0.5) is 5.69 Å². The number of pyridine rings is 1. The zero-order chi connectivity index (χ0) is 17.5. The Balaban J connectivity index is 1.27. The first-order chi connectivity index (χ1) is 12.8. The molecule has 4 heterocycles. The highest BCUT2D eigenvalue weighted by atomic mass is 32.1. The van der Waals surface area contributed by atoms with Crippen molar-refractivity contribution in [3.05, 3.63) is 63.5 Å². The van der Waals surface area contributed by atoms with Crippen molar-refractivity contribution in [3.63, 3.8) is 0 Å². The molecule has 1 aliphatic carbocycles. The smallest absolute Gasteiger partial charge is 0.0980 e. The van der Waals surface area contributed by atoms with Crippen molar-refractivity contribution >= 4 is 17.0 Å². The van der Waals surface area contributed by atoms with Gasteiger partial charge in [-0.2, -0.15) is 0 Å². The van der Waals surface area contributed by atoms with Gasteiger partial charge in [0.1, 0.15) is 0 Å². The Kier molecular flexibility index (Phi) is 4.04. The van der Waals surface area contributed by atoms with Gasteiger partial charge in [0, 0.05) is 61.2 Å². The van der Waals surface area contributed by atoms with Gasteiger partial charge in [0.25, 0.3) is 0 Å². The predicted octanol–water partition coefficient (Wildman–Crippen LogP) is 3.69. The molecule has 134 valence electrons. The fourth-order valence-corrected chi connectivity index (χ4v) is 5.28. The van der Waals surface area contributed by atoms with E-state index in [1.807, 2.05) is 24.5 Å². The number of hydrogen-bond acceptors (Lipinski definition) is 5. The molecule has 5 rings (SSSR count). The molecule has 5 heteroatoms. The maximum atomic E-state index is 5.08. The minimum atomic E-state index is 0.571. The Bertz CT molecular complexity index is 839. The van der Waals surface area contributed by atoms with E-state index in [1.54, 1.807) is 0 Å². The van der Waals surface area contributed by atoms with Gasteiger partial charge in [-0.15, -0.1) is 11.3 Å². The van der Waals surface area contributed by atoms with Crippen molar-refractivity contribution in [1.29, 1.82) is 0 Å². The summed E-state index contributed by atoms with van der Waals surface area (Å²) in [7, 11) is 0. The van der Waals surface area contributed by atoms with Crippen LogP contribution in [0.1, 0.15) is 33.6 Å². The summed E-state index contributed by atoms with van der Waals surface area (Å²) in [5.41, 5.74) is 5.06. The van der Waals surface area contributed by atoms with Crippen molar-refractivity contribution in [1.82, 2.24) is 14.9 Å². The normalized spacial score (nSPS) is 22.0. The van der Waals surface area contributed by atoms with Crippen molar-refractivity contribution in [3.8, 4) is 0 Å². The van der Waals surface area contributed by atoms with Crippen molar-refractivity contribution in [2.45, 2.75) is 32.1 Å². The van der Waals surface area contributed by atoms with E-state index in [9.17, 15) is 0 Å². The zero-order valence-corrected chi connectivity index (χ0v) is 16.0. The van der Waals surface area contributed by atoms with Crippen molar-refractivity contribution < 1.29 is 0 Å². The number of aromatic nitrogens is 2. The Morgan fingerprint density at radius 1 is 1.12 bits per heavy atom. The largest absolute Gasteiger partial charge is 0.371 e. The van der Waals surface area contributed by atoms with E-state index in [4.69, 9.17) is 4.98 Å². The first-order valence-electron chi connectivity index (χ1n) is 9.56. The molecule has 26 heavy (non-hydrogen) atoms. The molecule has 2 aromatic rings. The zero-order valence-electron chi connectivity index (χ0n) is 15.2. The molecular weight excluding hydrogens is 340 g/mol. The Morgan fingerprint density at radius 2 is 2.00 bits per heavy atom. The Hall–Kier alpha value is -2.14. The van der Waals surface area contributed by atoms with Gasteiger partial charge in [-0.3, -0.25) is 4.98 Å². The molecular formula is C21H24N4S. The van der Waals surface area contributed by atoms with Gasteiger partial charge in [-0.25, -0.2) is 4.98 Å². The average Bonchev–Trinajstić information content (AvgIpc) is 3.19. The molecule has 0 spiro atoms. The van der Waals surface area contributed by atoms with Gasteiger partial charge in [-0.1, -0.05) is 6.08 Å². The van der Waals surface area contributed by atoms with Gasteiger partial charge < -0.3 is 9.80 Å². The molecule has 2 aliphatic heterocycles. The quantitative estimate of drug-likeness (QED) is 0.831. The van der Waals surface area contributed by atoms with Crippen molar-refractivity contribution in [2.75, 3.05) is 31.1 Å². The number of nitrogens with zero attached hydrogens (tertiary/aromatic N) is 4. The highest BCUT2D eigenvalue weighted by molar-refractivity contribution is 7.11. The van der Waals surface area contributed by atoms with Crippen LogP contribution in [-0.4, -0.2) is 41.0 Å². The third-order valence-electron chi connectivity index (χ3n) is 5.72. The fraction of sp³-hybridized carbons (Fsp3) is 0.429. The second kappa shape index (κ2) is 6.54. The summed E-state index contributed by atoms with van der Waals surface area (Å²) in [5, 5.41) is 1.36. The Labute approximate surface area is 158 Å². The molecule has 0 saturated carbocycles. The summed E-state index contributed by atoms with van der Waals surface area (Å²) in [6.45, 7) is 6.43. The third-order valence-corrected chi connectivity index (χ3v) is 7.04. The number of fused-ring (bicyclic) bond motifs is 1. The number of rotatable bonds is 3. The van der Waals surface area contributed by atoms with E-state index in [0.29, 0.717) is 5.92 Å². The number of aryl methyl sites for hydroxylation is 1. The second-order valence-electron chi connectivity index (χ2n) is 7.45. The molecule has 0 radical (unpaired) electrons. The molecule has 3 aliphatic rings. The minimum absolute atomic E-state index is 0.571. The van der Waals surface area contributed by atoms with Crippen LogP contribution in [0.5, 0.6) is 0 Å². The predicted molar refractivity (Wildman–Crippen MR) is 107 cm³/mol. The summed E-state index contributed by atoms with van der Waals surface area (Å²) in [4.78, 5) is 16.0. The number of allylic oxidation sites excluding steroid dienone is 3. The lowest BCUT2D eigenvalue weighted by Gasteiger charge is -2.26. The summed E-state index contributed by atoms with van der Waals surface area (Å²) >= 11 is 1.97. The standard InChI is InChI=1S/C21H24N4S/c1-15-5-6-18(13-22-15)25-10-7-16(14-25)21-23-19-8-11-24(17-3-2-4-17)12-9-20(19)26-21/h2-6,13,16H,7-12,14H2,1H3. The van der Waals surface area contributed by atoms with Crippen LogP contribution >= 0.6 is 11.3 Å². The number of anilines is 1. The molecule has 2 aromatic heterocycles. The van der Waals surface area contributed by atoms with Crippen LogP contribution in [0.15, 0.2) is 42.3 Å². The molecule has 1 unspecified atom stereocenters. The summed E-state index contributed by atoms with van der Waals surface area (Å²) in [5.74, 6) is 0.571. The summed E-state index contributed by atoms with van der Waals surface area (Å²) < 4.78 is 0. The lowest BCUT2D eigenvalue weighted by molar-refractivity contribution is 0.369. The minimum Gasteiger partial charge on any atom is -0.371 e. The second-order valence-corrected chi connectivity index (χ2v) is 8.56. The van der Waals surface area contributed by atoms with Gasteiger partial charge in [-0.05, 0) is 37.6 Å². The van der Waals surface area contributed by atoms with E-state index >= 15 is 0 Å². The van der Waals surface area contributed by atoms with Crippen LogP contribution in [0, 0.1) is 6.92 Å². The van der Waals surface area contributed by atoms with Crippen molar-refractivity contribution in [2.24, 2.45) is 0 Å². The lowest BCUT2D eigenvalue weighted by atomic mass is 10.1. The first kappa shape index (κ1) is 16.1. The van der Waals surface area contributed by atoms with Gasteiger partial charge in [0.15, 0.2) is 0 Å². The highest BCUT2D eigenvalue weighted by Crippen LogP contribution is 2.35. The van der Waals surface area contributed by atoms with E-state index in [2.05, 4.69) is 45.1 Å². The summed E-state index contributed by atoms with van der Waals surface area (Å²) in [6.07, 6.45) is 12.0.